The molecule has 0 aliphatic carbocycles. The van der Waals surface area contributed by atoms with Crippen LogP contribution in [0.4, 0.5) is 0 Å². The fraction of sp³-hybridized carbons (Fsp3) is 0.333. The molecule has 0 unspecified atom stereocenters. The monoisotopic (exact) mass is 351 g/mol. The van der Waals surface area contributed by atoms with Crippen molar-refractivity contribution >= 4 is 16.8 Å². The maximum absolute atomic E-state index is 12.7. The van der Waals surface area contributed by atoms with Gasteiger partial charge >= 0.3 is 0 Å². The normalized spacial score (nSPS) is 11.0. The predicted molar refractivity (Wildman–Crippen MR) is 104 cm³/mol. The molecular weight excluding hydrogens is 326 g/mol. The summed E-state index contributed by atoms with van der Waals surface area (Å²) in [7, 11) is 1.77. The predicted octanol–water partition coefficient (Wildman–Crippen LogP) is 4.04. The van der Waals surface area contributed by atoms with Crippen LogP contribution in [0.25, 0.3) is 10.9 Å². The van der Waals surface area contributed by atoms with Gasteiger partial charge in [0.2, 0.25) is 0 Å². The Morgan fingerprint density at radius 2 is 1.96 bits per heavy atom. The lowest BCUT2D eigenvalue weighted by atomic mass is 10.0. The summed E-state index contributed by atoms with van der Waals surface area (Å²) in [5.41, 5.74) is 4.30. The Labute approximate surface area is 153 Å². The van der Waals surface area contributed by atoms with Crippen LogP contribution in [0.3, 0.4) is 0 Å². The number of fused-ring (bicyclic) bond motifs is 1. The third-order valence-electron chi connectivity index (χ3n) is 4.67. The number of unbranched alkanes of at least 4 members (excludes halogenated alkanes) is 1. The Kier molecular flexibility index (Phi) is 5.26. The van der Waals surface area contributed by atoms with Gasteiger partial charge in [-0.25, -0.2) is 0 Å². The van der Waals surface area contributed by atoms with Gasteiger partial charge in [-0.2, -0.15) is 5.10 Å². The summed E-state index contributed by atoms with van der Waals surface area (Å²) in [5.74, 6) is -0.184. The molecule has 0 bridgehead atoms. The number of phenols is 1. The first-order chi connectivity index (χ1) is 12.5. The van der Waals surface area contributed by atoms with Gasteiger partial charge in [-0.1, -0.05) is 43.2 Å². The molecule has 2 aromatic carbocycles. The lowest BCUT2D eigenvalue weighted by molar-refractivity contribution is 0.0790. The number of aromatic amines is 1. The van der Waals surface area contributed by atoms with Crippen LogP contribution in [-0.2, 0) is 6.42 Å². The molecule has 0 saturated carbocycles. The van der Waals surface area contributed by atoms with Crippen LogP contribution < -0.4 is 0 Å². The van der Waals surface area contributed by atoms with Gasteiger partial charge in [-0.05, 0) is 25.0 Å². The van der Waals surface area contributed by atoms with Crippen LogP contribution in [0.15, 0.2) is 36.4 Å². The zero-order valence-corrected chi connectivity index (χ0v) is 15.5. The van der Waals surface area contributed by atoms with E-state index in [0.29, 0.717) is 18.5 Å². The second kappa shape index (κ2) is 7.60. The first-order valence-corrected chi connectivity index (χ1v) is 9.00. The molecule has 0 aliphatic heterocycles. The van der Waals surface area contributed by atoms with Crippen molar-refractivity contribution in [2.45, 2.75) is 33.1 Å². The van der Waals surface area contributed by atoms with E-state index in [1.165, 1.54) is 5.56 Å². The summed E-state index contributed by atoms with van der Waals surface area (Å²) in [6.45, 7) is 4.82. The fourth-order valence-electron chi connectivity index (χ4n) is 3.02. The van der Waals surface area contributed by atoms with E-state index in [2.05, 4.69) is 48.3 Å². The molecule has 0 fully saturated rings. The Balaban J connectivity index is 1.92. The molecule has 5 nitrogen and oxygen atoms in total. The van der Waals surface area contributed by atoms with E-state index in [1.807, 2.05) is 0 Å². The van der Waals surface area contributed by atoms with Gasteiger partial charge in [0.15, 0.2) is 0 Å². The molecule has 0 atom stereocenters. The second-order valence-electron chi connectivity index (χ2n) is 6.83. The second-order valence-corrected chi connectivity index (χ2v) is 6.83. The van der Waals surface area contributed by atoms with Crippen LogP contribution in [-0.4, -0.2) is 39.7 Å². The summed E-state index contributed by atoms with van der Waals surface area (Å²) in [6.07, 6.45) is 2.63. The minimum Gasteiger partial charge on any atom is -0.507 e. The molecule has 26 heavy (non-hydrogen) atoms. The van der Waals surface area contributed by atoms with Crippen molar-refractivity contribution in [2.75, 3.05) is 13.6 Å². The number of carbonyl (C=O) groups is 1. The van der Waals surface area contributed by atoms with Crippen molar-refractivity contribution in [1.29, 1.82) is 0 Å². The van der Waals surface area contributed by atoms with Crippen LogP contribution >= 0.6 is 0 Å². The smallest absolute Gasteiger partial charge is 0.257 e. The molecular formula is C21H25N3O2. The number of carbonyl (C=O) groups excluding carboxylic acids is 1. The molecule has 3 aromatic rings. The first kappa shape index (κ1) is 18.0. The highest BCUT2D eigenvalue weighted by Gasteiger charge is 2.18. The number of hydrogen-bond acceptors (Lipinski definition) is 3. The van der Waals surface area contributed by atoms with E-state index < -0.39 is 0 Å². The summed E-state index contributed by atoms with van der Waals surface area (Å²) in [5, 5.41) is 18.5. The number of H-pyrrole nitrogens is 1. The van der Waals surface area contributed by atoms with Crippen molar-refractivity contribution in [3.05, 3.63) is 58.8 Å². The Morgan fingerprint density at radius 1 is 1.23 bits per heavy atom. The topological polar surface area (TPSA) is 69.2 Å². The highest BCUT2D eigenvalue weighted by molar-refractivity contribution is 6.01. The zero-order valence-electron chi connectivity index (χ0n) is 15.5. The van der Waals surface area contributed by atoms with E-state index in [0.717, 1.165) is 35.0 Å². The zero-order chi connectivity index (χ0) is 18.7. The van der Waals surface area contributed by atoms with E-state index in [1.54, 1.807) is 24.1 Å². The number of phenolic OH excluding ortho intramolecular Hbond substituents is 1. The standard InChI is InChI=1S/C21H25N3O2/c1-4-5-10-24(3)21(26)17-12-16-18(22-23-19(16)13-20(17)25)11-15-8-6-14(2)7-9-15/h6-9,12-13,25H,4-5,10-11H2,1-3H3,(H,22,23). The maximum Gasteiger partial charge on any atom is 0.257 e. The number of nitrogens with zero attached hydrogens (tertiary/aromatic N) is 2. The molecule has 2 N–H and O–H groups in total. The molecule has 1 aromatic heterocycles. The largest absolute Gasteiger partial charge is 0.507 e. The third kappa shape index (κ3) is 3.72. The van der Waals surface area contributed by atoms with Gasteiger partial charge in [0.25, 0.3) is 5.91 Å². The number of benzene rings is 2. The average Bonchev–Trinajstić information content (AvgIpc) is 3.01. The summed E-state index contributed by atoms with van der Waals surface area (Å²) in [4.78, 5) is 14.3. The number of aromatic hydroxyl groups is 1. The minimum atomic E-state index is -0.166. The highest BCUT2D eigenvalue weighted by atomic mass is 16.3. The molecule has 3 rings (SSSR count). The third-order valence-corrected chi connectivity index (χ3v) is 4.67. The molecule has 0 saturated heterocycles. The fourth-order valence-corrected chi connectivity index (χ4v) is 3.02. The number of hydrogen-bond donors (Lipinski definition) is 2. The lowest BCUT2D eigenvalue weighted by Gasteiger charge is -2.17. The van der Waals surface area contributed by atoms with Crippen molar-refractivity contribution in [1.82, 2.24) is 15.1 Å². The van der Waals surface area contributed by atoms with E-state index in [9.17, 15) is 9.90 Å². The summed E-state index contributed by atoms with van der Waals surface area (Å²) in [6, 6.07) is 11.7. The molecule has 1 heterocycles. The van der Waals surface area contributed by atoms with Gasteiger partial charge in [0, 0.05) is 31.5 Å². The van der Waals surface area contributed by atoms with E-state index in [4.69, 9.17) is 0 Å². The first-order valence-electron chi connectivity index (χ1n) is 9.00. The molecule has 136 valence electrons. The molecule has 1 amide bonds. The van der Waals surface area contributed by atoms with Gasteiger partial charge in [0.1, 0.15) is 5.75 Å². The van der Waals surface area contributed by atoms with Crippen LogP contribution in [0, 0.1) is 6.92 Å². The van der Waals surface area contributed by atoms with Gasteiger partial charge in [-0.15, -0.1) is 0 Å². The molecule has 5 heteroatoms. The van der Waals surface area contributed by atoms with Gasteiger partial charge in [-0.3, -0.25) is 9.89 Å². The highest BCUT2D eigenvalue weighted by Crippen LogP contribution is 2.28. The Morgan fingerprint density at radius 3 is 2.65 bits per heavy atom. The number of rotatable bonds is 6. The lowest BCUT2D eigenvalue weighted by Crippen LogP contribution is -2.27. The quantitative estimate of drug-likeness (QED) is 0.704. The average molecular weight is 351 g/mol. The van der Waals surface area contributed by atoms with E-state index >= 15 is 0 Å². The number of aromatic nitrogens is 2. The number of aryl methyl sites for hydroxylation is 1. The minimum absolute atomic E-state index is 0.0172. The number of amides is 1. The summed E-state index contributed by atoms with van der Waals surface area (Å²) >= 11 is 0. The molecule has 0 aliphatic rings. The molecule has 0 spiro atoms. The maximum atomic E-state index is 12.7. The van der Waals surface area contributed by atoms with Crippen LogP contribution in [0.2, 0.25) is 0 Å². The van der Waals surface area contributed by atoms with Crippen LogP contribution in [0.1, 0.15) is 46.9 Å². The van der Waals surface area contributed by atoms with Gasteiger partial charge < -0.3 is 10.0 Å². The van der Waals surface area contributed by atoms with Gasteiger partial charge in [0.05, 0.1) is 16.8 Å². The van der Waals surface area contributed by atoms with Crippen molar-refractivity contribution in [3.8, 4) is 5.75 Å². The van der Waals surface area contributed by atoms with Crippen molar-refractivity contribution < 1.29 is 9.90 Å². The van der Waals surface area contributed by atoms with Crippen molar-refractivity contribution in [3.63, 3.8) is 0 Å². The summed E-state index contributed by atoms with van der Waals surface area (Å²) < 4.78 is 0. The van der Waals surface area contributed by atoms with E-state index in [-0.39, 0.29) is 11.7 Å². The van der Waals surface area contributed by atoms with Crippen LogP contribution in [0.5, 0.6) is 5.75 Å². The molecule has 0 radical (unpaired) electrons. The Hall–Kier alpha value is -2.82. The SMILES string of the molecule is CCCCN(C)C(=O)c1cc2c(Cc3ccc(C)cc3)n[nH]c2cc1O. The number of nitrogens with one attached hydrogen (secondary N) is 1. The Bertz CT molecular complexity index is 913. The van der Waals surface area contributed by atoms with Crippen molar-refractivity contribution in [2.24, 2.45) is 0 Å².